The van der Waals surface area contributed by atoms with E-state index in [0.717, 1.165) is 17.6 Å². The van der Waals surface area contributed by atoms with Gasteiger partial charge in [0, 0.05) is 6.20 Å². The maximum atomic E-state index is 13.6. The van der Waals surface area contributed by atoms with Gasteiger partial charge in [-0.1, -0.05) is 11.6 Å². The van der Waals surface area contributed by atoms with Crippen LogP contribution in [-0.2, 0) is 4.79 Å². The zero-order valence-electron chi connectivity index (χ0n) is 12.6. The number of rotatable bonds is 7. The molecule has 1 heterocycles. The van der Waals surface area contributed by atoms with Crippen molar-refractivity contribution < 1.29 is 57.5 Å². The Kier molecular flexibility index (Phi) is 6.16. The fourth-order valence-corrected chi connectivity index (χ4v) is 1.73. The summed E-state index contributed by atoms with van der Waals surface area (Å²) in [5.41, 5.74) is -0.961. The van der Waals surface area contributed by atoms with E-state index in [1.165, 1.54) is 0 Å². The zero-order valence-corrected chi connectivity index (χ0v) is 13.3. The monoisotopic (exact) mass is 456 g/mol. The molecule has 0 atom stereocenters. The molecule has 0 aromatic carbocycles. The van der Waals surface area contributed by atoms with Gasteiger partial charge in [-0.15, -0.1) is 0 Å². The Morgan fingerprint density at radius 1 is 0.929 bits per heavy atom. The highest BCUT2D eigenvalue weighted by atomic mass is 35.5. The Bertz CT molecular complexity index is 739. The normalized spacial score (nSPS) is 14.4. The van der Waals surface area contributed by atoms with Crippen LogP contribution < -0.4 is 5.32 Å². The highest BCUT2D eigenvalue weighted by Crippen LogP contribution is 2.58. The zero-order chi connectivity index (χ0) is 22.3. The van der Waals surface area contributed by atoms with Gasteiger partial charge in [0.1, 0.15) is 0 Å². The van der Waals surface area contributed by atoms with Crippen LogP contribution in [0.15, 0.2) is 18.3 Å². The Hall–Kier alpha value is -1.93. The molecule has 0 unspecified atom stereocenters. The first-order valence-electron chi connectivity index (χ1n) is 6.45. The number of alkyl halides is 12. The number of pyridine rings is 1. The number of amides is 1. The summed E-state index contributed by atoms with van der Waals surface area (Å²) in [5.74, 6) is -40.3. The molecule has 16 heteroatoms. The lowest BCUT2D eigenvalue weighted by atomic mass is 9.94. The molecule has 1 aromatic heterocycles. The van der Waals surface area contributed by atoms with Crippen molar-refractivity contribution in [2.45, 2.75) is 36.0 Å². The maximum absolute atomic E-state index is 13.6. The van der Waals surface area contributed by atoms with E-state index in [1.54, 1.807) is 0 Å². The summed E-state index contributed by atoms with van der Waals surface area (Å²) in [6.45, 7) is 0. The molecule has 0 bridgehead atoms. The van der Waals surface area contributed by atoms with Crippen LogP contribution in [-0.4, -0.2) is 46.9 Å². The van der Waals surface area contributed by atoms with Gasteiger partial charge in [-0.2, -0.15) is 43.9 Å². The van der Waals surface area contributed by atoms with Crippen molar-refractivity contribution >= 4 is 23.2 Å². The third kappa shape index (κ3) is 3.43. The third-order valence-electron chi connectivity index (χ3n) is 3.17. The van der Waals surface area contributed by atoms with Crippen LogP contribution in [0.3, 0.4) is 0 Å². The first-order valence-corrected chi connectivity index (χ1v) is 6.82. The number of hydrogen-bond donors (Lipinski definition) is 1. The van der Waals surface area contributed by atoms with Crippen molar-refractivity contribution in [2.24, 2.45) is 0 Å². The summed E-state index contributed by atoms with van der Waals surface area (Å²) in [5, 5.41) is 0.0415. The van der Waals surface area contributed by atoms with E-state index in [1.807, 2.05) is 0 Å². The summed E-state index contributed by atoms with van der Waals surface area (Å²) in [7, 11) is 0. The Morgan fingerprint density at radius 3 is 1.86 bits per heavy atom. The highest BCUT2D eigenvalue weighted by Gasteiger charge is 2.89. The Labute approximate surface area is 151 Å². The van der Waals surface area contributed by atoms with Gasteiger partial charge in [0.2, 0.25) is 0 Å². The van der Waals surface area contributed by atoms with Gasteiger partial charge in [0.05, 0.1) is 5.69 Å². The molecule has 0 saturated carbocycles. The van der Waals surface area contributed by atoms with E-state index in [9.17, 15) is 57.5 Å². The van der Waals surface area contributed by atoms with E-state index in [0.29, 0.717) is 6.07 Å². The van der Waals surface area contributed by atoms with Gasteiger partial charge in [-0.05, 0) is 12.1 Å². The molecule has 28 heavy (non-hydrogen) atoms. The van der Waals surface area contributed by atoms with Gasteiger partial charge >= 0.3 is 41.9 Å². The molecule has 1 N–H and O–H groups in total. The number of carbonyl (C=O) groups is 1. The van der Waals surface area contributed by atoms with Crippen molar-refractivity contribution in [1.82, 2.24) is 4.98 Å². The second kappa shape index (κ2) is 7.15. The minimum atomic E-state index is -7.79. The van der Waals surface area contributed by atoms with E-state index in [-0.39, 0.29) is 0 Å². The molecule has 1 amide bonds. The van der Waals surface area contributed by atoms with Crippen LogP contribution in [0.4, 0.5) is 58.4 Å². The van der Waals surface area contributed by atoms with Crippen molar-refractivity contribution in [3.63, 3.8) is 0 Å². The summed E-state index contributed by atoms with van der Waals surface area (Å²) >= 11 is 5.28. The third-order valence-corrected chi connectivity index (χ3v) is 3.47. The van der Waals surface area contributed by atoms with Crippen molar-refractivity contribution in [2.75, 3.05) is 5.32 Å². The SMILES string of the molecule is O=C(Nc1cccnc1Cl)C(F)(F)C(F)(F)C(F)(F)C(F)(F)C(F)(F)C(F)F. The van der Waals surface area contributed by atoms with Gasteiger partial charge in [-0.25, -0.2) is 13.8 Å². The topological polar surface area (TPSA) is 42.0 Å². The molecular formula is C12H5ClF12N2O. The first kappa shape index (κ1) is 24.1. The molecule has 0 aliphatic rings. The molecule has 1 rings (SSSR count). The number of nitrogens with one attached hydrogen (secondary N) is 1. The lowest BCUT2D eigenvalue weighted by Crippen LogP contribution is -2.70. The molecule has 0 saturated heterocycles. The molecule has 0 aliphatic heterocycles. The summed E-state index contributed by atoms with van der Waals surface area (Å²) in [6.07, 6.45) is -4.72. The van der Waals surface area contributed by atoms with Gasteiger partial charge in [0.25, 0.3) is 0 Å². The molecule has 0 fully saturated rings. The number of halogens is 13. The van der Waals surface area contributed by atoms with Crippen LogP contribution in [0.2, 0.25) is 5.15 Å². The molecule has 0 spiro atoms. The van der Waals surface area contributed by atoms with Crippen LogP contribution in [0.1, 0.15) is 0 Å². The van der Waals surface area contributed by atoms with E-state index in [2.05, 4.69) is 4.98 Å². The largest absolute Gasteiger partial charge is 0.393 e. The van der Waals surface area contributed by atoms with E-state index < -0.39 is 52.8 Å². The van der Waals surface area contributed by atoms with Crippen molar-refractivity contribution in [3.8, 4) is 0 Å². The second-order valence-electron chi connectivity index (χ2n) is 5.02. The van der Waals surface area contributed by atoms with Crippen LogP contribution >= 0.6 is 11.6 Å². The number of hydrogen-bond acceptors (Lipinski definition) is 2. The number of aromatic nitrogens is 1. The average Bonchev–Trinajstić information content (AvgIpc) is 2.55. The van der Waals surface area contributed by atoms with Crippen molar-refractivity contribution in [1.29, 1.82) is 0 Å². The molecule has 160 valence electrons. The van der Waals surface area contributed by atoms with Crippen LogP contribution in [0.25, 0.3) is 0 Å². The smallest absolute Gasteiger partial charge is 0.318 e. The quantitative estimate of drug-likeness (QED) is 0.457. The van der Waals surface area contributed by atoms with Crippen molar-refractivity contribution in [3.05, 3.63) is 23.5 Å². The molecule has 3 nitrogen and oxygen atoms in total. The number of anilines is 1. The highest BCUT2D eigenvalue weighted by molar-refractivity contribution is 6.32. The molecule has 0 radical (unpaired) electrons. The fourth-order valence-electron chi connectivity index (χ4n) is 1.56. The number of nitrogens with zero attached hydrogens (tertiary/aromatic N) is 1. The van der Waals surface area contributed by atoms with Crippen LogP contribution in [0, 0.1) is 0 Å². The van der Waals surface area contributed by atoms with Gasteiger partial charge in [0.15, 0.2) is 5.15 Å². The summed E-state index contributed by atoms with van der Waals surface area (Å²) in [6, 6.07) is 1.54. The Morgan fingerprint density at radius 2 is 1.43 bits per heavy atom. The van der Waals surface area contributed by atoms with Gasteiger partial charge in [-0.3, -0.25) is 4.79 Å². The van der Waals surface area contributed by atoms with Crippen LogP contribution in [0.5, 0.6) is 0 Å². The summed E-state index contributed by atoms with van der Waals surface area (Å²) in [4.78, 5) is 14.4. The first-order chi connectivity index (χ1) is 12.4. The lowest BCUT2D eigenvalue weighted by Gasteiger charge is -2.38. The summed E-state index contributed by atoms with van der Waals surface area (Å²) < 4.78 is 156. The molecular weight excluding hydrogens is 452 g/mol. The Balaban J connectivity index is 3.37. The minimum Gasteiger partial charge on any atom is -0.318 e. The van der Waals surface area contributed by atoms with E-state index >= 15 is 0 Å². The standard InChI is InChI=1S/C12H5ClF12N2O/c13-5-4(2-1-3-26-5)27-7(28)9(18,19)11(22,23)12(24,25)10(20,21)8(16,17)6(14)15/h1-3,6H,(H,27,28). The average molecular weight is 457 g/mol. The second-order valence-corrected chi connectivity index (χ2v) is 5.38. The predicted molar refractivity (Wildman–Crippen MR) is 68.6 cm³/mol. The maximum Gasteiger partial charge on any atom is 0.393 e. The predicted octanol–water partition coefficient (Wildman–Crippen LogP) is 5.12. The molecule has 1 aromatic rings. The lowest BCUT2D eigenvalue weighted by molar-refractivity contribution is -0.406. The van der Waals surface area contributed by atoms with E-state index in [4.69, 9.17) is 11.6 Å². The molecule has 0 aliphatic carbocycles. The fraction of sp³-hybridized carbons (Fsp3) is 0.500. The minimum absolute atomic E-state index is 0.652. The number of carbonyl (C=O) groups excluding carboxylic acids is 1. The van der Waals surface area contributed by atoms with Gasteiger partial charge < -0.3 is 5.32 Å².